The van der Waals surface area contributed by atoms with Crippen molar-refractivity contribution < 1.29 is 9.72 Å². The molecule has 1 fully saturated rings. The summed E-state index contributed by atoms with van der Waals surface area (Å²) in [5.41, 5.74) is 6.80. The van der Waals surface area contributed by atoms with Crippen LogP contribution in [0.25, 0.3) is 0 Å². The van der Waals surface area contributed by atoms with Crippen LogP contribution in [0, 0.1) is 17.0 Å². The molecule has 6 nitrogen and oxygen atoms in total. The van der Waals surface area contributed by atoms with Gasteiger partial charge in [-0.05, 0) is 32.3 Å². The predicted molar refractivity (Wildman–Crippen MR) is 84.4 cm³/mol. The van der Waals surface area contributed by atoms with E-state index in [0.717, 1.165) is 19.3 Å². The zero-order chi connectivity index (χ0) is 16.3. The molecule has 0 aliphatic heterocycles. The Kier molecular flexibility index (Phi) is 4.81. The number of hydrogen-bond donors (Lipinski definition) is 2. The van der Waals surface area contributed by atoms with Crippen molar-refractivity contribution in [2.24, 2.45) is 5.73 Å². The Morgan fingerprint density at radius 1 is 1.36 bits per heavy atom. The van der Waals surface area contributed by atoms with Crippen LogP contribution in [-0.2, 0) is 4.79 Å². The molecule has 1 saturated carbocycles. The van der Waals surface area contributed by atoms with Gasteiger partial charge in [0.2, 0.25) is 5.91 Å². The van der Waals surface area contributed by atoms with E-state index in [1.807, 2.05) is 6.92 Å². The summed E-state index contributed by atoms with van der Waals surface area (Å²) < 4.78 is 0. The van der Waals surface area contributed by atoms with E-state index in [1.54, 1.807) is 19.1 Å². The molecule has 1 aromatic carbocycles. The first-order valence-electron chi connectivity index (χ1n) is 7.68. The summed E-state index contributed by atoms with van der Waals surface area (Å²) in [6.45, 7) is 3.51. The second kappa shape index (κ2) is 6.44. The number of nitro groups is 1. The van der Waals surface area contributed by atoms with Gasteiger partial charge < -0.3 is 11.1 Å². The minimum Gasteiger partial charge on any atom is -0.348 e. The van der Waals surface area contributed by atoms with E-state index in [4.69, 9.17) is 5.73 Å². The normalized spacial score (nSPS) is 18.5. The Hall–Kier alpha value is -1.95. The summed E-state index contributed by atoms with van der Waals surface area (Å²) in [4.78, 5) is 23.0. The lowest BCUT2D eigenvalue weighted by Gasteiger charge is -2.33. The molecule has 1 amide bonds. The van der Waals surface area contributed by atoms with Gasteiger partial charge in [-0.3, -0.25) is 14.9 Å². The first kappa shape index (κ1) is 16.4. The van der Waals surface area contributed by atoms with E-state index in [9.17, 15) is 14.9 Å². The minimum atomic E-state index is -0.802. The lowest BCUT2D eigenvalue weighted by Crippen LogP contribution is -2.55. The van der Waals surface area contributed by atoms with Crippen LogP contribution in [0.15, 0.2) is 18.2 Å². The second-order valence-corrected chi connectivity index (χ2v) is 6.21. The lowest BCUT2D eigenvalue weighted by atomic mass is 9.81. The van der Waals surface area contributed by atoms with Crippen LogP contribution in [0.4, 0.5) is 5.69 Å². The fourth-order valence-corrected chi connectivity index (χ4v) is 2.93. The quantitative estimate of drug-likeness (QED) is 0.660. The average Bonchev–Trinajstić information content (AvgIpc) is 2.48. The molecule has 1 aliphatic rings. The van der Waals surface area contributed by atoms with Gasteiger partial charge in [0.25, 0.3) is 5.69 Å². The fourth-order valence-electron chi connectivity index (χ4n) is 2.93. The van der Waals surface area contributed by atoms with Crippen LogP contribution in [0.3, 0.4) is 0 Å². The number of nitrogens with zero attached hydrogens (tertiary/aromatic N) is 1. The molecule has 0 heterocycles. The number of aryl methyl sites for hydroxylation is 1. The smallest absolute Gasteiger partial charge is 0.272 e. The van der Waals surface area contributed by atoms with Gasteiger partial charge in [0.1, 0.15) is 0 Å². The number of nitrogens with two attached hydrogens (primary N) is 1. The number of benzene rings is 1. The highest BCUT2D eigenvalue weighted by atomic mass is 16.6. The van der Waals surface area contributed by atoms with Crippen LogP contribution in [0.5, 0.6) is 0 Å². The average molecular weight is 305 g/mol. The fraction of sp³-hybridized carbons (Fsp3) is 0.562. The van der Waals surface area contributed by atoms with Crippen LogP contribution >= 0.6 is 0 Å². The highest BCUT2D eigenvalue weighted by Gasteiger charge is 2.35. The molecule has 22 heavy (non-hydrogen) atoms. The molecule has 3 N–H and O–H groups in total. The van der Waals surface area contributed by atoms with Crippen LogP contribution < -0.4 is 11.1 Å². The van der Waals surface area contributed by atoms with Gasteiger partial charge in [-0.2, -0.15) is 0 Å². The number of amides is 1. The lowest BCUT2D eigenvalue weighted by molar-refractivity contribution is -0.385. The third kappa shape index (κ3) is 3.44. The molecule has 1 aromatic rings. The topological polar surface area (TPSA) is 98.3 Å². The Labute approximate surface area is 130 Å². The molecular formula is C16H23N3O3. The maximum atomic E-state index is 12.4. The monoisotopic (exact) mass is 305 g/mol. The van der Waals surface area contributed by atoms with Gasteiger partial charge in [-0.15, -0.1) is 0 Å². The molecule has 1 aliphatic carbocycles. The minimum absolute atomic E-state index is 0.0683. The largest absolute Gasteiger partial charge is 0.348 e. The standard InChI is InChI=1S/C16H23N3O3/c1-11-6-7-13(10-14(11)19(21)22)12(2)18-15(20)16(17)8-4-3-5-9-16/h6-7,10,12H,3-5,8-9,17H2,1-2H3,(H,18,20). The van der Waals surface area contributed by atoms with Crippen molar-refractivity contribution in [1.29, 1.82) is 0 Å². The number of carbonyl (C=O) groups is 1. The molecular weight excluding hydrogens is 282 g/mol. The van der Waals surface area contributed by atoms with Crippen molar-refractivity contribution >= 4 is 11.6 Å². The number of nitrogens with one attached hydrogen (secondary N) is 1. The van der Waals surface area contributed by atoms with Crippen molar-refractivity contribution in [3.05, 3.63) is 39.4 Å². The summed E-state index contributed by atoms with van der Waals surface area (Å²) in [6, 6.07) is 4.71. The summed E-state index contributed by atoms with van der Waals surface area (Å²) in [7, 11) is 0. The molecule has 0 saturated heterocycles. The Bertz CT molecular complexity index is 580. The van der Waals surface area contributed by atoms with Gasteiger partial charge >= 0.3 is 0 Å². The van der Waals surface area contributed by atoms with Crippen LogP contribution in [0.1, 0.15) is 56.2 Å². The summed E-state index contributed by atoms with van der Waals surface area (Å²) in [5, 5.41) is 13.9. The van der Waals surface area contributed by atoms with Crippen molar-refractivity contribution in [3.8, 4) is 0 Å². The Balaban J connectivity index is 2.11. The first-order chi connectivity index (χ1) is 10.3. The number of rotatable bonds is 4. The van der Waals surface area contributed by atoms with E-state index in [-0.39, 0.29) is 17.6 Å². The van der Waals surface area contributed by atoms with Gasteiger partial charge in [0.05, 0.1) is 16.5 Å². The molecule has 0 aromatic heterocycles. The second-order valence-electron chi connectivity index (χ2n) is 6.21. The van der Waals surface area contributed by atoms with Gasteiger partial charge in [0, 0.05) is 11.6 Å². The van der Waals surface area contributed by atoms with E-state index >= 15 is 0 Å². The predicted octanol–water partition coefficient (Wildman–Crippen LogP) is 2.74. The van der Waals surface area contributed by atoms with Crippen LogP contribution in [-0.4, -0.2) is 16.4 Å². The molecule has 6 heteroatoms. The summed E-state index contributed by atoms with van der Waals surface area (Å²) in [5.74, 6) is -0.164. The molecule has 0 spiro atoms. The highest BCUT2D eigenvalue weighted by Crippen LogP contribution is 2.28. The van der Waals surface area contributed by atoms with Crippen LogP contribution in [0.2, 0.25) is 0 Å². The van der Waals surface area contributed by atoms with E-state index in [0.29, 0.717) is 24.0 Å². The SMILES string of the molecule is Cc1ccc(C(C)NC(=O)C2(N)CCCCC2)cc1[N+](=O)[O-]. The van der Waals surface area contributed by atoms with Gasteiger partial charge in [0.15, 0.2) is 0 Å². The molecule has 1 unspecified atom stereocenters. The Morgan fingerprint density at radius 3 is 2.59 bits per heavy atom. The van der Waals surface area contributed by atoms with Crippen molar-refractivity contribution in [1.82, 2.24) is 5.32 Å². The maximum absolute atomic E-state index is 12.4. The molecule has 1 atom stereocenters. The van der Waals surface area contributed by atoms with Crippen molar-refractivity contribution in [2.75, 3.05) is 0 Å². The first-order valence-corrected chi connectivity index (χ1v) is 7.68. The zero-order valence-electron chi connectivity index (χ0n) is 13.1. The molecule has 0 radical (unpaired) electrons. The van der Waals surface area contributed by atoms with Crippen molar-refractivity contribution in [2.45, 2.75) is 57.5 Å². The van der Waals surface area contributed by atoms with Gasteiger partial charge in [-0.25, -0.2) is 0 Å². The number of hydrogen-bond acceptors (Lipinski definition) is 4. The van der Waals surface area contributed by atoms with E-state index in [1.165, 1.54) is 6.07 Å². The third-order valence-corrected chi connectivity index (χ3v) is 4.48. The molecule has 120 valence electrons. The van der Waals surface area contributed by atoms with E-state index in [2.05, 4.69) is 5.32 Å². The molecule has 0 bridgehead atoms. The summed E-state index contributed by atoms with van der Waals surface area (Å²) in [6.07, 6.45) is 4.44. The molecule has 2 rings (SSSR count). The third-order valence-electron chi connectivity index (χ3n) is 4.48. The van der Waals surface area contributed by atoms with Gasteiger partial charge in [-0.1, -0.05) is 31.4 Å². The highest BCUT2D eigenvalue weighted by molar-refractivity contribution is 5.86. The van der Waals surface area contributed by atoms with E-state index < -0.39 is 10.5 Å². The number of nitro benzene ring substituents is 1. The Morgan fingerprint density at radius 2 is 2.00 bits per heavy atom. The summed E-state index contributed by atoms with van der Waals surface area (Å²) >= 11 is 0. The number of carbonyl (C=O) groups excluding carboxylic acids is 1. The van der Waals surface area contributed by atoms with Crippen molar-refractivity contribution in [3.63, 3.8) is 0 Å². The maximum Gasteiger partial charge on any atom is 0.272 e. The zero-order valence-corrected chi connectivity index (χ0v) is 13.1.